The van der Waals surface area contributed by atoms with Crippen molar-refractivity contribution in [3.63, 3.8) is 0 Å². The van der Waals surface area contributed by atoms with E-state index in [1.165, 1.54) is 6.33 Å². The Morgan fingerprint density at radius 1 is 1.47 bits per heavy atom. The van der Waals surface area contributed by atoms with Crippen molar-refractivity contribution in [3.8, 4) is 0 Å². The van der Waals surface area contributed by atoms with E-state index < -0.39 is 0 Å². The lowest BCUT2D eigenvalue weighted by molar-refractivity contribution is 0.190. The topological polar surface area (TPSA) is 59.1 Å². The molecule has 0 saturated heterocycles. The fourth-order valence-corrected chi connectivity index (χ4v) is 1.69. The first-order valence-electron chi connectivity index (χ1n) is 4.62. The minimum atomic E-state index is 0.200. The molecule has 0 radical (unpaired) electrons. The van der Waals surface area contributed by atoms with Gasteiger partial charge in [0.05, 0.1) is 6.61 Å². The van der Waals surface area contributed by atoms with Gasteiger partial charge in [-0.15, -0.1) is 0 Å². The van der Waals surface area contributed by atoms with Gasteiger partial charge in [-0.05, 0) is 22.9 Å². The standard InChI is InChI=1S/C9H15BrN4O/c1-6(4-15-3)14-9-7(10)8(11-2)12-5-13-9/h5-6H,4H2,1-3H3,(H2,11,12,13,14). The van der Waals surface area contributed by atoms with Crippen LogP contribution in [-0.4, -0.2) is 36.8 Å². The number of hydrogen-bond donors (Lipinski definition) is 2. The normalized spacial score (nSPS) is 12.3. The highest BCUT2D eigenvalue weighted by Gasteiger charge is 2.09. The molecular weight excluding hydrogens is 260 g/mol. The van der Waals surface area contributed by atoms with E-state index in [4.69, 9.17) is 4.74 Å². The second-order valence-electron chi connectivity index (χ2n) is 3.14. The van der Waals surface area contributed by atoms with Crippen LogP contribution in [0.3, 0.4) is 0 Å². The molecule has 1 aromatic heterocycles. The largest absolute Gasteiger partial charge is 0.383 e. The van der Waals surface area contributed by atoms with Crippen LogP contribution in [0.25, 0.3) is 0 Å². The molecule has 0 aromatic carbocycles. The van der Waals surface area contributed by atoms with E-state index in [-0.39, 0.29) is 6.04 Å². The van der Waals surface area contributed by atoms with E-state index in [0.717, 1.165) is 16.1 Å². The van der Waals surface area contributed by atoms with E-state index in [2.05, 4.69) is 36.5 Å². The maximum Gasteiger partial charge on any atom is 0.146 e. The van der Waals surface area contributed by atoms with E-state index in [0.29, 0.717) is 6.61 Å². The Bertz CT molecular complexity index is 321. The summed E-state index contributed by atoms with van der Waals surface area (Å²) in [5.74, 6) is 1.52. The lowest BCUT2D eigenvalue weighted by atomic mass is 10.3. The zero-order valence-corrected chi connectivity index (χ0v) is 10.6. The summed E-state index contributed by atoms with van der Waals surface area (Å²) in [6, 6.07) is 0.200. The number of halogens is 1. The molecule has 84 valence electrons. The molecule has 0 fully saturated rings. The molecule has 0 amide bonds. The second-order valence-corrected chi connectivity index (χ2v) is 3.93. The smallest absolute Gasteiger partial charge is 0.146 e. The first-order valence-corrected chi connectivity index (χ1v) is 5.42. The Labute approximate surface area is 97.8 Å². The highest BCUT2D eigenvalue weighted by Crippen LogP contribution is 2.26. The molecular formula is C9H15BrN4O. The molecule has 6 heteroatoms. The van der Waals surface area contributed by atoms with Gasteiger partial charge in [-0.3, -0.25) is 0 Å². The van der Waals surface area contributed by atoms with Crippen LogP contribution in [0.4, 0.5) is 11.6 Å². The monoisotopic (exact) mass is 274 g/mol. The molecule has 1 unspecified atom stereocenters. The van der Waals surface area contributed by atoms with Crippen LogP contribution >= 0.6 is 15.9 Å². The van der Waals surface area contributed by atoms with Gasteiger partial charge in [-0.25, -0.2) is 9.97 Å². The Morgan fingerprint density at radius 2 is 2.13 bits per heavy atom. The van der Waals surface area contributed by atoms with E-state index in [9.17, 15) is 0 Å². The van der Waals surface area contributed by atoms with Gasteiger partial charge in [-0.1, -0.05) is 0 Å². The van der Waals surface area contributed by atoms with Crippen LogP contribution < -0.4 is 10.6 Å². The Hall–Kier alpha value is -0.880. The van der Waals surface area contributed by atoms with Crippen LogP contribution in [0.15, 0.2) is 10.8 Å². The number of rotatable bonds is 5. The minimum Gasteiger partial charge on any atom is -0.383 e. The second kappa shape index (κ2) is 5.87. The van der Waals surface area contributed by atoms with Gasteiger partial charge >= 0.3 is 0 Å². The molecule has 1 atom stereocenters. The number of anilines is 2. The van der Waals surface area contributed by atoms with Gasteiger partial charge in [0.15, 0.2) is 0 Å². The number of aromatic nitrogens is 2. The van der Waals surface area contributed by atoms with Crippen molar-refractivity contribution in [1.29, 1.82) is 0 Å². The van der Waals surface area contributed by atoms with E-state index in [1.807, 2.05) is 14.0 Å². The molecule has 15 heavy (non-hydrogen) atoms. The van der Waals surface area contributed by atoms with Crippen molar-refractivity contribution < 1.29 is 4.74 Å². The molecule has 1 rings (SSSR count). The highest BCUT2D eigenvalue weighted by atomic mass is 79.9. The lowest BCUT2D eigenvalue weighted by Crippen LogP contribution is -2.22. The molecule has 1 heterocycles. The van der Waals surface area contributed by atoms with Crippen molar-refractivity contribution >= 4 is 27.6 Å². The third-order valence-corrected chi connectivity index (χ3v) is 2.58. The van der Waals surface area contributed by atoms with Gasteiger partial charge in [0, 0.05) is 20.2 Å². The average Bonchev–Trinajstić information content (AvgIpc) is 2.21. The summed E-state index contributed by atoms with van der Waals surface area (Å²) in [6.45, 7) is 2.66. The summed E-state index contributed by atoms with van der Waals surface area (Å²) in [5.41, 5.74) is 0. The van der Waals surface area contributed by atoms with Crippen LogP contribution in [0.2, 0.25) is 0 Å². The van der Waals surface area contributed by atoms with Crippen molar-refractivity contribution in [2.24, 2.45) is 0 Å². The molecule has 0 aliphatic heterocycles. The van der Waals surface area contributed by atoms with Crippen molar-refractivity contribution in [1.82, 2.24) is 9.97 Å². The van der Waals surface area contributed by atoms with Crippen molar-refractivity contribution in [3.05, 3.63) is 10.8 Å². The summed E-state index contributed by atoms with van der Waals surface area (Å²) < 4.78 is 5.86. The van der Waals surface area contributed by atoms with Gasteiger partial charge in [0.25, 0.3) is 0 Å². The number of nitrogens with one attached hydrogen (secondary N) is 2. The zero-order valence-electron chi connectivity index (χ0n) is 9.04. The fourth-order valence-electron chi connectivity index (χ4n) is 1.17. The van der Waals surface area contributed by atoms with Crippen LogP contribution in [0.5, 0.6) is 0 Å². The van der Waals surface area contributed by atoms with Crippen molar-refractivity contribution in [2.75, 3.05) is 31.4 Å². The van der Waals surface area contributed by atoms with E-state index in [1.54, 1.807) is 7.11 Å². The van der Waals surface area contributed by atoms with Gasteiger partial charge in [0.2, 0.25) is 0 Å². The number of hydrogen-bond acceptors (Lipinski definition) is 5. The van der Waals surface area contributed by atoms with Gasteiger partial charge < -0.3 is 15.4 Å². The third-order valence-electron chi connectivity index (χ3n) is 1.83. The van der Waals surface area contributed by atoms with Crippen LogP contribution in [0, 0.1) is 0 Å². The maximum atomic E-state index is 5.04. The van der Waals surface area contributed by atoms with E-state index >= 15 is 0 Å². The molecule has 5 nitrogen and oxygen atoms in total. The summed E-state index contributed by atoms with van der Waals surface area (Å²) >= 11 is 3.43. The van der Waals surface area contributed by atoms with Gasteiger partial charge in [0.1, 0.15) is 22.4 Å². The summed E-state index contributed by atoms with van der Waals surface area (Å²) in [4.78, 5) is 8.21. The maximum absolute atomic E-state index is 5.04. The predicted molar refractivity (Wildman–Crippen MR) is 64.2 cm³/mol. The number of ether oxygens (including phenoxy) is 1. The highest BCUT2D eigenvalue weighted by molar-refractivity contribution is 9.10. The minimum absolute atomic E-state index is 0.200. The molecule has 0 bridgehead atoms. The number of methoxy groups -OCH3 is 1. The Morgan fingerprint density at radius 3 is 2.73 bits per heavy atom. The zero-order chi connectivity index (χ0) is 11.3. The summed E-state index contributed by atoms with van der Waals surface area (Å²) in [5, 5.41) is 6.19. The first kappa shape index (κ1) is 12.2. The van der Waals surface area contributed by atoms with Crippen LogP contribution in [0.1, 0.15) is 6.92 Å². The third kappa shape index (κ3) is 3.32. The summed E-state index contributed by atoms with van der Waals surface area (Å²) in [7, 11) is 3.49. The van der Waals surface area contributed by atoms with Crippen molar-refractivity contribution in [2.45, 2.75) is 13.0 Å². The Kier molecular flexibility index (Phi) is 4.77. The van der Waals surface area contributed by atoms with Crippen LogP contribution in [-0.2, 0) is 4.74 Å². The molecule has 0 saturated carbocycles. The molecule has 2 N–H and O–H groups in total. The summed E-state index contributed by atoms with van der Waals surface area (Å²) in [6.07, 6.45) is 1.51. The van der Waals surface area contributed by atoms with Gasteiger partial charge in [-0.2, -0.15) is 0 Å². The first-order chi connectivity index (χ1) is 7.19. The SMILES string of the molecule is CNc1ncnc(NC(C)COC)c1Br. The molecule has 0 spiro atoms. The molecule has 0 aliphatic carbocycles. The average molecular weight is 275 g/mol. The predicted octanol–water partition coefficient (Wildman–Crippen LogP) is 1.73. The molecule has 1 aromatic rings. The fraction of sp³-hybridized carbons (Fsp3) is 0.556. The number of nitrogens with zero attached hydrogens (tertiary/aromatic N) is 2. The lowest BCUT2D eigenvalue weighted by Gasteiger charge is -2.15. The Balaban J connectivity index is 2.76. The quantitative estimate of drug-likeness (QED) is 0.857. The molecule has 0 aliphatic rings.